The highest BCUT2D eigenvalue weighted by Crippen LogP contribution is 2.36. The highest BCUT2D eigenvalue weighted by atomic mass is 35.5. The molecule has 1 heterocycles. The maximum atomic E-state index is 13.4. The van der Waals surface area contributed by atoms with Gasteiger partial charge in [-0.3, -0.25) is 4.79 Å². The van der Waals surface area contributed by atoms with Crippen LogP contribution in [0.3, 0.4) is 0 Å². The van der Waals surface area contributed by atoms with Gasteiger partial charge in [-0.2, -0.15) is 0 Å². The van der Waals surface area contributed by atoms with E-state index in [-0.39, 0.29) is 17.2 Å². The molecule has 4 aromatic rings. The molecule has 2 N–H and O–H groups in total. The minimum absolute atomic E-state index is 0.0126. The number of aryl methyl sites for hydroxylation is 1. The molecule has 3 aromatic carbocycles. The number of halogens is 2. The lowest BCUT2D eigenvalue weighted by Gasteiger charge is -2.10. The van der Waals surface area contributed by atoms with Gasteiger partial charge in [0, 0.05) is 16.3 Å². The Bertz CT molecular complexity index is 1220. The molecule has 0 aliphatic rings. The topological polar surface area (TPSA) is 75.4 Å². The molecule has 5 nitrogen and oxygen atoms in total. The molecule has 0 radical (unpaired) electrons. The van der Waals surface area contributed by atoms with E-state index in [9.17, 15) is 14.3 Å². The first-order valence-corrected chi connectivity index (χ1v) is 8.75. The number of amides is 1. The number of benzene rings is 3. The van der Waals surface area contributed by atoms with Crippen molar-refractivity contribution in [2.75, 3.05) is 5.32 Å². The molecule has 7 heteroatoms. The van der Waals surface area contributed by atoms with Crippen LogP contribution in [-0.4, -0.2) is 16.0 Å². The van der Waals surface area contributed by atoms with Crippen LogP contribution in [0.4, 0.5) is 10.1 Å². The maximum absolute atomic E-state index is 13.4. The van der Waals surface area contributed by atoms with Gasteiger partial charge >= 0.3 is 0 Å². The Kier molecular flexibility index (Phi) is 4.49. The van der Waals surface area contributed by atoms with Crippen molar-refractivity contribution in [3.05, 3.63) is 76.6 Å². The van der Waals surface area contributed by atoms with Gasteiger partial charge in [-0.25, -0.2) is 9.37 Å². The monoisotopic (exact) mass is 396 g/mol. The van der Waals surface area contributed by atoms with Gasteiger partial charge in [0.05, 0.1) is 5.56 Å². The second-order valence-corrected chi connectivity index (χ2v) is 6.72. The van der Waals surface area contributed by atoms with Crippen molar-refractivity contribution in [3.8, 4) is 17.2 Å². The van der Waals surface area contributed by atoms with Crippen LogP contribution in [0.2, 0.25) is 5.02 Å². The average Bonchev–Trinajstić information content (AvgIpc) is 3.07. The van der Waals surface area contributed by atoms with E-state index in [1.54, 1.807) is 37.3 Å². The number of fused-ring (bicyclic) bond motifs is 1. The van der Waals surface area contributed by atoms with Crippen LogP contribution in [0.15, 0.2) is 59.0 Å². The summed E-state index contributed by atoms with van der Waals surface area (Å²) in [5.74, 6) is -0.790. The van der Waals surface area contributed by atoms with Gasteiger partial charge < -0.3 is 14.8 Å². The van der Waals surface area contributed by atoms with Crippen molar-refractivity contribution in [2.24, 2.45) is 0 Å². The fourth-order valence-electron chi connectivity index (χ4n) is 2.86. The van der Waals surface area contributed by atoms with Crippen molar-refractivity contribution in [1.82, 2.24) is 4.98 Å². The van der Waals surface area contributed by atoms with Gasteiger partial charge in [0.1, 0.15) is 17.1 Å². The van der Waals surface area contributed by atoms with E-state index in [4.69, 9.17) is 16.0 Å². The van der Waals surface area contributed by atoms with E-state index in [2.05, 4.69) is 10.3 Å². The van der Waals surface area contributed by atoms with Crippen molar-refractivity contribution in [2.45, 2.75) is 6.92 Å². The average molecular weight is 397 g/mol. The number of nitrogens with zero attached hydrogens (tertiary/aromatic N) is 1. The van der Waals surface area contributed by atoms with Gasteiger partial charge in [0.25, 0.3) is 5.91 Å². The van der Waals surface area contributed by atoms with Crippen LogP contribution in [0, 0.1) is 12.7 Å². The number of anilines is 1. The maximum Gasteiger partial charge on any atom is 0.255 e. The number of phenolic OH excluding ortho intramolecular Hbond substituents is 1. The van der Waals surface area contributed by atoms with E-state index in [0.717, 1.165) is 6.07 Å². The fraction of sp³-hybridized carbons (Fsp3) is 0.0476. The first-order chi connectivity index (χ1) is 13.4. The molecule has 28 heavy (non-hydrogen) atoms. The fourth-order valence-corrected chi connectivity index (χ4v) is 3.03. The zero-order valence-electron chi connectivity index (χ0n) is 14.7. The molecular formula is C21H14ClFN2O3. The third kappa shape index (κ3) is 3.42. The normalized spacial score (nSPS) is 11.0. The van der Waals surface area contributed by atoms with Crippen molar-refractivity contribution in [3.63, 3.8) is 0 Å². The molecule has 0 aliphatic carbocycles. The van der Waals surface area contributed by atoms with Crippen LogP contribution < -0.4 is 5.32 Å². The molecular weight excluding hydrogens is 383 g/mol. The summed E-state index contributed by atoms with van der Waals surface area (Å²) < 4.78 is 19.1. The zero-order valence-corrected chi connectivity index (χ0v) is 15.4. The number of carbonyl (C=O) groups is 1. The summed E-state index contributed by atoms with van der Waals surface area (Å²) in [6.07, 6.45) is 0. The second kappa shape index (κ2) is 6.98. The molecule has 0 atom stereocenters. The minimum Gasteiger partial charge on any atom is -0.507 e. The lowest BCUT2D eigenvalue weighted by atomic mass is 10.1. The van der Waals surface area contributed by atoms with E-state index in [0.29, 0.717) is 32.9 Å². The number of oxazole rings is 1. The Morgan fingerprint density at radius 2 is 2.00 bits per heavy atom. The standard InChI is InChI=1S/C21H14ClFN2O3/c1-11-7-15(24-20(27)12-3-2-4-14(23)8-12)10-16(19(11)26)21-25-17-9-13(22)5-6-18(17)28-21/h2-10,26H,1H3,(H,24,27). The Morgan fingerprint density at radius 1 is 1.18 bits per heavy atom. The quantitative estimate of drug-likeness (QED) is 0.445. The lowest BCUT2D eigenvalue weighted by molar-refractivity contribution is 0.102. The smallest absolute Gasteiger partial charge is 0.255 e. The summed E-state index contributed by atoms with van der Waals surface area (Å²) in [5, 5.41) is 13.7. The van der Waals surface area contributed by atoms with Crippen molar-refractivity contribution in [1.29, 1.82) is 0 Å². The molecule has 0 saturated heterocycles. The van der Waals surface area contributed by atoms with E-state index >= 15 is 0 Å². The van der Waals surface area contributed by atoms with Gasteiger partial charge in [0.15, 0.2) is 5.58 Å². The van der Waals surface area contributed by atoms with Crippen molar-refractivity contribution < 1.29 is 18.7 Å². The number of rotatable bonds is 3. The predicted molar refractivity (Wildman–Crippen MR) is 105 cm³/mol. The number of nitrogens with one attached hydrogen (secondary N) is 1. The first-order valence-electron chi connectivity index (χ1n) is 8.38. The second-order valence-electron chi connectivity index (χ2n) is 6.28. The predicted octanol–water partition coefficient (Wildman–Crippen LogP) is 5.55. The van der Waals surface area contributed by atoms with E-state index < -0.39 is 11.7 Å². The van der Waals surface area contributed by atoms with E-state index in [1.807, 2.05) is 0 Å². The molecule has 0 aliphatic heterocycles. The molecule has 1 aromatic heterocycles. The molecule has 0 bridgehead atoms. The minimum atomic E-state index is -0.500. The number of aromatic hydroxyl groups is 1. The molecule has 0 unspecified atom stereocenters. The number of hydrogen-bond donors (Lipinski definition) is 2. The largest absolute Gasteiger partial charge is 0.507 e. The van der Waals surface area contributed by atoms with E-state index in [1.165, 1.54) is 18.2 Å². The van der Waals surface area contributed by atoms with Crippen LogP contribution in [0.25, 0.3) is 22.6 Å². The van der Waals surface area contributed by atoms with Crippen LogP contribution >= 0.6 is 11.6 Å². The Hall–Kier alpha value is -3.38. The summed E-state index contributed by atoms with van der Waals surface area (Å²) >= 11 is 5.98. The van der Waals surface area contributed by atoms with Crippen LogP contribution in [0.1, 0.15) is 15.9 Å². The van der Waals surface area contributed by atoms with Gasteiger partial charge in [0.2, 0.25) is 5.89 Å². The number of phenols is 1. The SMILES string of the molecule is Cc1cc(NC(=O)c2cccc(F)c2)cc(-c2nc3cc(Cl)ccc3o2)c1O. The summed E-state index contributed by atoms with van der Waals surface area (Å²) in [6, 6.07) is 13.6. The zero-order chi connectivity index (χ0) is 19.8. The highest BCUT2D eigenvalue weighted by molar-refractivity contribution is 6.31. The van der Waals surface area contributed by atoms with Crippen LogP contribution in [0.5, 0.6) is 5.75 Å². The molecule has 4 rings (SSSR count). The summed E-state index contributed by atoms with van der Waals surface area (Å²) in [7, 11) is 0. The number of aromatic nitrogens is 1. The Balaban J connectivity index is 1.72. The van der Waals surface area contributed by atoms with Gasteiger partial charge in [-0.05, 0) is 61.0 Å². The first kappa shape index (κ1) is 18.0. The molecule has 0 spiro atoms. The molecule has 0 saturated carbocycles. The molecule has 140 valence electrons. The lowest BCUT2D eigenvalue weighted by Crippen LogP contribution is -2.12. The highest BCUT2D eigenvalue weighted by Gasteiger charge is 2.17. The number of carbonyl (C=O) groups excluding carboxylic acids is 1. The molecule has 0 fully saturated rings. The van der Waals surface area contributed by atoms with Crippen LogP contribution in [-0.2, 0) is 0 Å². The van der Waals surface area contributed by atoms with Crippen molar-refractivity contribution >= 4 is 34.3 Å². The summed E-state index contributed by atoms with van der Waals surface area (Å²) in [4.78, 5) is 16.8. The molecule has 1 amide bonds. The summed E-state index contributed by atoms with van der Waals surface area (Å²) in [5.41, 5.74) is 2.51. The number of hydrogen-bond acceptors (Lipinski definition) is 4. The van der Waals surface area contributed by atoms with Gasteiger partial charge in [-0.1, -0.05) is 17.7 Å². The third-order valence-electron chi connectivity index (χ3n) is 4.23. The third-order valence-corrected chi connectivity index (χ3v) is 4.46. The Morgan fingerprint density at radius 3 is 2.79 bits per heavy atom. The summed E-state index contributed by atoms with van der Waals surface area (Å²) in [6.45, 7) is 1.69. The van der Waals surface area contributed by atoms with Gasteiger partial charge in [-0.15, -0.1) is 0 Å². The Labute approximate surface area is 164 Å².